The van der Waals surface area contributed by atoms with Crippen molar-refractivity contribution < 1.29 is 34.8 Å². The molecule has 0 aliphatic heterocycles. The predicted octanol–water partition coefficient (Wildman–Crippen LogP) is 6.66. The first-order valence-corrected chi connectivity index (χ1v) is 20.3. The van der Waals surface area contributed by atoms with Gasteiger partial charge in [0.15, 0.2) is 11.5 Å². The molecule has 2 heterocycles. The normalized spacial score (nSPS) is 28.2. The van der Waals surface area contributed by atoms with E-state index in [0.29, 0.717) is 47.5 Å². The van der Waals surface area contributed by atoms with Crippen LogP contribution >= 0.6 is 0 Å². The zero-order valence-electron chi connectivity index (χ0n) is 28.6. The van der Waals surface area contributed by atoms with E-state index in [2.05, 4.69) is 9.97 Å². The van der Waals surface area contributed by atoms with Gasteiger partial charge in [0.2, 0.25) is 0 Å². The fourth-order valence-corrected chi connectivity index (χ4v) is 13.6. The second-order valence-electron chi connectivity index (χ2n) is 15.9. The fraction of sp³-hybridized carbons (Fsp3) is 0.474. The summed E-state index contributed by atoms with van der Waals surface area (Å²) < 4.78 is 68.2. The van der Waals surface area contributed by atoms with Gasteiger partial charge < -0.3 is 8.37 Å². The van der Waals surface area contributed by atoms with Crippen molar-refractivity contribution in [1.82, 2.24) is 9.97 Å². The Morgan fingerprint density at radius 1 is 0.640 bits per heavy atom. The lowest BCUT2D eigenvalue weighted by Crippen LogP contribution is -2.43. The van der Waals surface area contributed by atoms with E-state index >= 15 is 0 Å². The summed E-state index contributed by atoms with van der Waals surface area (Å²) in [4.78, 5) is 35.6. The van der Waals surface area contributed by atoms with Crippen molar-refractivity contribution in [2.45, 2.75) is 66.2 Å². The minimum atomic E-state index is -4.36. The number of hydrogen-bond donors (Lipinski definition) is 0. The van der Waals surface area contributed by atoms with Gasteiger partial charge in [-0.05, 0) is 84.7 Å². The molecule has 4 bridgehead atoms. The highest BCUT2D eigenvalue weighted by Crippen LogP contribution is 2.65. The minimum Gasteiger partial charge on any atom is -0.382 e. The highest BCUT2D eigenvalue weighted by molar-refractivity contribution is 7.87. The van der Waals surface area contributed by atoms with E-state index in [1.54, 1.807) is 48.8 Å². The molecule has 10 nitrogen and oxygen atoms in total. The molecule has 0 N–H and O–H groups in total. The highest BCUT2D eigenvalue weighted by atomic mass is 32.2. The van der Waals surface area contributed by atoms with Crippen LogP contribution in [0.5, 0.6) is 11.5 Å². The monoisotopic (exact) mass is 716 g/mol. The Bertz CT molecular complexity index is 2190. The van der Waals surface area contributed by atoms with Gasteiger partial charge in [0.1, 0.15) is 11.6 Å². The first kappa shape index (κ1) is 33.3. The van der Waals surface area contributed by atoms with Gasteiger partial charge in [-0.25, -0.2) is 0 Å². The summed E-state index contributed by atoms with van der Waals surface area (Å²) in [6.07, 6.45) is 6.45. The molecule has 0 spiro atoms. The van der Waals surface area contributed by atoms with Gasteiger partial charge in [0.25, 0.3) is 0 Å². The molecule has 4 aliphatic carbocycles. The van der Waals surface area contributed by atoms with Crippen molar-refractivity contribution in [1.29, 1.82) is 0 Å². The van der Waals surface area contributed by atoms with Gasteiger partial charge in [0.05, 0.1) is 33.4 Å². The number of ketones is 2. The van der Waals surface area contributed by atoms with E-state index in [4.69, 9.17) is 8.37 Å². The van der Waals surface area contributed by atoms with E-state index in [1.807, 2.05) is 27.7 Å². The van der Waals surface area contributed by atoms with Gasteiger partial charge in [0, 0.05) is 47.1 Å². The number of hydrogen-bond acceptors (Lipinski definition) is 10. The molecule has 4 aromatic rings. The fourth-order valence-electron chi connectivity index (χ4n) is 10.1. The third kappa shape index (κ3) is 4.69. The number of pyridine rings is 2. The zero-order valence-corrected chi connectivity index (χ0v) is 30.2. The Morgan fingerprint density at radius 2 is 1.04 bits per heavy atom. The molecule has 262 valence electrons. The number of carbonyl (C=O) groups is 2. The van der Waals surface area contributed by atoms with Crippen LogP contribution in [0.1, 0.15) is 66.2 Å². The maximum Gasteiger partial charge on any atom is 0.310 e. The van der Waals surface area contributed by atoms with Crippen LogP contribution in [-0.2, 0) is 29.8 Å². The number of carbonyl (C=O) groups excluding carboxylic acids is 2. The Balaban J connectivity index is 1.26. The van der Waals surface area contributed by atoms with Crippen LogP contribution in [0.2, 0.25) is 0 Å². The van der Waals surface area contributed by atoms with Gasteiger partial charge in [-0.3, -0.25) is 19.6 Å². The smallest absolute Gasteiger partial charge is 0.310 e. The molecule has 50 heavy (non-hydrogen) atoms. The van der Waals surface area contributed by atoms with Crippen molar-refractivity contribution >= 4 is 53.6 Å². The molecule has 4 unspecified atom stereocenters. The van der Waals surface area contributed by atoms with Crippen LogP contribution < -0.4 is 8.37 Å². The summed E-state index contributed by atoms with van der Waals surface area (Å²) in [6.45, 7) is 7.88. The van der Waals surface area contributed by atoms with Gasteiger partial charge in [-0.1, -0.05) is 39.8 Å². The summed E-state index contributed by atoms with van der Waals surface area (Å²) in [7, 11) is -8.72. The molecule has 0 radical (unpaired) electrons. The second kappa shape index (κ2) is 10.8. The maximum absolute atomic E-state index is 14.1. The second-order valence-corrected chi connectivity index (χ2v) is 19.1. The number of fused-ring (bicyclic) bond motifs is 6. The lowest BCUT2D eigenvalue weighted by molar-refractivity contribution is -0.128. The molecule has 4 atom stereocenters. The molecule has 8 rings (SSSR count). The quantitative estimate of drug-likeness (QED) is 0.172. The topological polar surface area (TPSA) is 147 Å². The van der Waals surface area contributed by atoms with Crippen LogP contribution in [0.3, 0.4) is 0 Å². The number of benzene rings is 2. The number of rotatable bonds is 9. The average molecular weight is 717 g/mol. The van der Waals surface area contributed by atoms with Crippen molar-refractivity contribution in [3.8, 4) is 22.6 Å². The van der Waals surface area contributed by atoms with E-state index in [9.17, 15) is 26.4 Å². The summed E-state index contributed by atoms with van der Waals surface area (Å²) in [6, 6.07) is 13.2. The SMILES string of the molecule is CC1(C)C2CCC1(CS(=O)(=O)Oc1ccc3ncccc3c1-c1c(OS(=O)(=O)CC34CCC(CC3=O)C4(C)C)ccc3ncccc13)C(=O)C2. The highest BCUT2D eigenvalue weighted by Gasteiger charge is 2.66. The van der Waals surface area contributed by atoms with Crippen LogP contribution in [0.15, 0.2) is 60.9 Å². The number of nitrogens with zero attached hydrogens (tertiary/aromatic N) is 2. The van der Waals surface area contributed by atoms with Crippen LogP contribution in [-0.4, -0.2) is 49.9 Å². The summed E-state index contributed by atoms with van der Waals surface area (Å²) in [5, 5.41) is 0.999. The van der Waals surface area contributed by atoms with Crippen molar-refractivity contribution in [3.63, 3.8) is 0 Å². The largest absolute Gasteiger partial charge is 0.382 e. The Morgan fingerprint density at radius 3 is 1.38 bits per heavy atom. The molecule has 4 aliphatic rings. The van der Waals surface area contributed by atoms with Gasteiger partial charge >= 0.3 is 20.2 Å². The summed E-state index contributed by atoms with van der Waals surface area (Å²) in [5.74, 6) is -0.887. The van der Waals surface area contributed by atoms with Crippen molar-refractivity contribution in [2.24, 2.45) is 33.5 Å². The molecular formula is C38H40N2O8S2. The lowest BCUT2D eigenvalue weighted by atomic mass is 9.70. The maximum atomic E-state index is 14.1. The van der Waals surface area contributed by atoms with E-state index in [0.717, 1.165) is 12.8 Å². The first-order chi connectivity index (χ1) is 23.5. The van der Waals surface area contributed by atoms with E-state index in [1.165, 1.54) is 12.1 Å². The third-order valence-corrected chi connectivity index (χ3v) is 15.9. The number of aromatic nitrogens is 2. The average Bonchev–Trinajstić information content (AvgIpc) is 3.57. The molecule has 0 saturated heterocycles. The summed E-state index contributed by atoms with van der Waals surface area (Å²) >= 11 is 0. The van der Waals surface area contributed by atoms with Gasteiger partial charge in [-0.2, -0.15) is 16.8 Å². The van der Waals surface area contributed by atoms with Crippen LogP contribution in [0, 0.1) is 33.5 Å². The molecule has 4 fully saturated rings. The lowest BCUT2D eigenvalue weighted by Gasteiger charge is -2.36. The molecule has 0 amide bonds. The molecule has 4 saturated carbocycles. The Labute approximate surface area is 292 Å². The van der Waals surface area contributed by atoms with E-state index < -0.39 is 53.4 Å². The van der Waals surface area contributed by atoms with E-state index in [-0.39, 0.29) is 46.0 Å². The van der Waals surface area contributed by atoms with Gasteiger partial charge in [-0.15, -0.1) is 0 Å². The molecule has 2 aromatic carbocycles. The third-order valence-electron chi connectivity index (χ3n) is 13.3. The Kier molecular flexibility index (Phi) is 7.19. The predicted molar refractivity (Wildman–Crippen MR) is 188 cm³/mol. The molecule has 2 aromatic heterocycles. The molecular weight excluding hydrogens is 677 g/mol. The summed E-state index contributed by atoms with van der Waals surface area (Å²) in [5.41, 5.74) is -1.55. The van der Waals surface area contributed by atoms with Crippen LogP contribution in [0.4, 0.5) is 0 Å². The minimum absolute atomic E-state index is 0.0492. The van der Waals surface area contributed by atoms with Crippen LogP contribution in [0.25, 0.3) is 32.9 Å². The van der Waals surface area contributed by atoms with Crippen molar-refractivity contribution in [2.75, 3.05) is 11.5 Å². The van der Waals surface area contributed by atoms with Crippen molar-refractivity contribution in [3.05, 3.63) is 60.9 Å². The first-order valence-electron chi connectivity index (χ1n) is 17.2. The number of Topliss-reactive ketones (excluding diaryl/α,β-unsaturated/α-hetero) is 2. The molecule has 12 heteroatoms. The Hall–Kier alpha value is -3.90. The standard InChI is InChI=1S/C38H40N2O8S2/c1-35(2)23-13-15-37(35,31(41)19-23)21-49(43,44)47-29-11-9-27-25(7-5-17-39-27)33(29)34-26-8-6-18-40-28(26)10-12-30(34)48-50(45,46)22-38-16-14-24(20-32(38)42)36(38,3)4/h5-12,17-18,23-24H,13-16,19-22H2,1-4H3. The zero-order chi connectivity index (χ0) is 35.5.